The summed E-state index contributed by atoms with van der Waals surface area (Å²) < 4.78 is 2.06. The van der Waals surface area contributed by atoms with Gasteiger partial charge in [-0.25, -0.2) is 15.0 Å². The Balaban J connectivity index is 2.14. The molecule has 0 aliphatic carbocycles. The van der Waals surface area contributed by atoms with E-state index in [-0.39, 0.29) is 5.38 Å². The topological polar surface area (TPSA) is 43.6 Å². The number of hydrogen-bond acceptors (Lipinski definition) is 3. The smallest absolute Gasteiger partial charge is 0.128 e. The van der Waals surface area contributed by atoms with E-state index in [0.717, 1.165) is 22.6 Å². The van der Waals surface area contributed by atoms with Gasteiger partial charge in [0.1, 0.15) is 12.2 Å². The Bertz CT molecular complexity index is 738. The van der Waals surface area contributed by atoms with Gasteiger partial charge in [0.05, 0.1) is 28.6 Å². The van der Waals surface area contributed by atoms with Crippen LogP contribution in [0.5, 0.6) is 0 Å². The van der Waals surface area contributed by atoms with Crippen molar-refractivity contribution >= 4 is 34.2 Å². The summed E-state index contributed by atoms with van der Waals surface area (Å²) in [5, 5.41) is 0.473. The molecule has 1 aromatic carbocycles. The number of alkyl halides is 1. The maximum Gasteiger partial charge on any atom is 0.128 e. The molecular weight excluding hydrogens is 295 g/mol. The minimum absolute atomic E-state index is 0.192. The Morgan fingerprint density at radius 1 is 1.30 bits per heavy atom. The number of aromatic nitrogens is 4. The zero-order valence-electron chi connectivity index (χ0n) is 10.8. The average Bonchev–Trinajstić information content (AvgIpc) is 2.78. The maximum absolute atomic E-state index is 6.24. The van der Waals surface area contributed by atoms with Gasteiger partial charge in [0.25, 0.3) is 0 Å². The van der Waals surface area contributed by atoms with Crippen LogP contribution >= 0.6 is 23.2 Å². The Morgan fingerprint density at radius 3 is 2.85 bits per heavy atom. The highest BCUT2D eigenvalue weighted by Gasteiger charge is 2.15. The molecule has 0 aliphatic rings. The normalized spacial score (nSPS) is 12.8. The summed E-state index contributed by atoms with van der Waals surface area (Å²) >= 11 is 12.3. The van der Waals surface area contributed by atoms with Crippen molar-refractivity contribution in [3.8, 4) is 0 Å². The molecule has 0 fully saturated rings. The van der Waals surface area contributed by atoms with Gasteiger partial charge in [0.2, 0.25) is 0 Å². The number of rotatable bonds is 3. The lowest BCUT2D eigenvalue weighted by Gasteiger charge is -2.09. The van der Waals surface area contributed by atoms with Gasteiger partial charge in [0, 0.05) is 11.2 Å². The van der Waals surface area contributed by atoms with Gasteiger partial charge < -0.3 is 4.57 Å². The van der Waals surface area contributed by atoms with Crippen LogP contribution in [0.2, 0.25) is 5.02 Å². The molecule has 4 nitrogen and oxygen atoms in total. The second-order valence-electron chi connectivity index (χ2n) is 4.51. The second kappa shape index (κ2) is 5.38. The summed E-state index contributed by atoms with van der Waals surface area (Å²) in [4.78, 5) is 12.7. The fraction of sp³-hybridized carbons (Fsp3) is 0.214. The van der Waals surface area contributed by atoms with Crippen molar-refractivity contribution in [3.63, 3.8) is 0 Å². The first-order valence-electron chi connectivity index (χ1n) is 6.20. The molecule has 3 aromatic rings. The van der Waals surface area contributed by atoms with Gasteiger partial charge in [-0.05, 0) is 31.2 Å². The van der Waals surface area contributed by atoms with Crippen LogP contribution in [0.25, 0.3) is 11.0 Å². The van der Waals surface area contributed by atoms with E-state index in [1.807, 2.05) is 31.2 Å². The van der Waals surface area contributed by atoms with Gasteiger partial charge in [-0.1, -0.05) is 11.6 Å². The molecular formula is C14H12Cl2N4. The Kier molecular flexibility index (Phi) is 3.59. The predicted molar refractivity (Wildman–Crippen MR) is 80.1 cm³/mol. The number of nitrogens with zero attached hydrogens (tertiary/aromatic N) is 4. The molecule has 0 aliphatic heterocycles. The zero-order valence-corrected chi connectivity index (χ0v) is 12.3. The summed E-state index contributed by atoms with van der Waals surface area (Å²) in [6.45, 7) is 2.51. The lowest BCUT2D eigenvalue weighted by Crippen LogP contribution is -2.07. The molecule has 20 heavy (non-hydrogen) atoms. The minimum Gasteiger partial charge on any atom is -0.321 e. The fourth-order valence-corrected chi connectivity index (χ4v) is 2.50. The molecule has 1 unspecified atom stereocenters. The van der Waals surface area contributed by atoms with Gasteiger partial charge >= 0.3 is 0 Å². The summed E-state index contributed by atoms with van der Waals surface area (Å²) in [6, 6.07) is 7.53. The van der Waals surface area contributed by atoms with Crippen LogP contribution in [0.3, 0.4) is 0 Å². The lowest BCUT2D eigenvalue weighted by atomic mass is 10.3. The first-order valence-corrected chi connectivity index (χ1v) is 7.01. The molecule has 0 bridgehead atoms. The summed E-state index contributed by atoms with van der Waals surface area (Å²) in [5.41, 5.74) is 2.75. The SMILES string of the molecule is CC(Cl)c1nc2cc(Cl)ccc2n1Cc1ccncn1. The summed E-state index contributed by atoms with van der Waals surface area (Å²) in [7, 11) is 0. The summed E-state index contributed by atoms with van der Waals surface area (Å²) in [6.07, 6.45) is 3.26. The first-order chi connectivity index (χ1) is 9.65. The van der Waals surface area contributed by atoms with Crippen LogP contribution in [0, 0.1) is 0 Å². The third-order valence-electron chi connectivity index (χ3n) is 3.06. The van der Waals surface area contributed by atoms with Crippen LogP contribution in [0.4, 0.5) is 0 Å². The first kappa shape index (κ1) is 13.3. The quantitative estimate of drug-likeness (QED) is 0.691. The highest BCUT2D eigenvalue weighted by Crippen LogP contribution is 2.27. The molecule has 1 atom stereocenters. The van der Waals surface area contributed by atoms with Crippen LogP contribution < -0.4 is 0 Å². The largest absolute Gasteiger partial charge is 0.321 e. The molecule has 0 saturated heterocycles. The van der Waals surface area contributed by atoms with Gasteiger partial charge in [0.15, 0.2) is 0 Å². The van der Waals surface area contributed by atoms with E-state index in [0.29, 0.717) is 11.6 Å². The highest BCUT2D eigenvalue weighted by atomic mass is 35.5. The predicted octanol–water partition coefficient (Wildman–Crippen LogP) is 3.83. The molecule has 6 heteroatoms. The van der Waals surface area contributed by atoms with Crippen molar-refractivity contribution in [2.24, 2.45) is 0 Å². The van der Waals surface area contributed by atoms with E-state index < -0.39 is 0 Å². The van der Waals surface area contributed by atoms with Crippen molar-refractivity contribution in [1.82, 2.24) is 19.5 Å². The number of fused-ring (bicyclic) bond motifs is 1. The van der Waals surface area contributed by atoms with Crippen molar-refractivity contribution < 1.29 is 0 Å². The van der Waals surface area contributed by atoms with E-state index in [2.05, 4.69) is 19.5 Å². The minimum atomic E-state index is -0.192. The van der Waals surface area contributed by atoms with E-state index in [1.54, 1.807) is 6.20 Å². The van der Waals surface area contributed by atoms with Crippen LogP contribution in [-0.2, 0) is 6.54 Å². The molecule has 2 heterocycles. The molecule has 2 aromatic heterocycles. The molecule has 3 rings (SSSR count). The number of hydrogen-bond donors (Lipinski definition) is 0. The monoisotopic (exact) mass is 306 g/mol. The van der Waals surface area contributed by atoms with Crippen LogP contribution in [0.1, 0.15) is 23.8 Å². The van der Waals surface area contributed by atoms with Crippen molar-refractivity contribution in [1.29, 1.82) is 0 Å². The Morgan fingerprint density at radius 2 is 2.15 bits per heavy atom. The van der Waals surface area contributed by atoms with E-state index in [4.69, 9.17) is 23.2 Å². The Labute approximate surface area is 126 Å². The molecule has 0 amide bonds. The van der Waals surface area contributed by atoms with E-state index in [1.165, 1.54) is 6.33 Å². The van der Waals surface area contributed by atoms with Crippen LogP contribution in [-0.4, -0.2) is 19.5 Å². The van der Waals surface area contributed by atoms with E-state index >= 15 is 0 Å². The third kappa shape index (κ3) is 2.49. The highest BCUT2D eigenvalue weighted by molar-refractivity contribution is 6.31. The second-order valence-corrected chi connectivity index (χ2v) is 5.60. The fourth-order valence-electron chi connectivity index (χ4n) is 2.17. The van der Waals surface area contributed by atoms with Gasteiger partial charge in [-0.2, -0.15) is 0 Å². The lowest BCUT2D eigenvalue weighted by molar-refractivity contribution is 0.725. The van der Waals surface area contributed by atoms with Crippen molar-refractivity contribution in [2.45, 2.75) is 18.8 Å². The van der Waals surface area contributed by atoms with Gasteiger partial charge in [-0.3, -0.25) is 0 Å². The molecule has 0 N–H and O–H groups in total. The maximum atomic E-state index is 6.24. The average molecular weight is 307 g/mol. The van der Waals surface area contributed by atoms with Gasteiger partial charge in [-0.15, -0.1) is 11.6 Å². The Hall–Kier alpha value is -1.65. The van der Waals surface area contributed by atoms with Crippen molar-refractivity contribution in [3.05, 3.63) is 53.3 Å². The van der Waals surface area contributed by atoms with Crippen molar-refractivity contribution in [2.75, 3.05) is 0 Å². The van der Waals surface area contributed by atoms with Crippen LogP contribution in [0.15, 0.2) is 36.8 Å². The third-order valence-corrected chi connectivity index (χ3v) is 3.49. The molecule has 0 spiro atoms. The number of halogens is 2. The molecule has 102 valence electrons. The standard InChI is InChI=1S/C14H12Cl2N4/c1-9(15)14-19-12-6-10(16)2-3-13(12)20(14)7-11-4-5-17-8-18-11/h2-6,8-9H,7H2,1H3. The van der Waals surface area contributed by atoms with E-state index in [9.17, 15) is 0 Å². The zero-order chi connectivity index (χ0) is 14.1. The summed E-state index contributed by atoms with van der Waals surface area (Å²) in [5.74, 6) is 0.808. The molecule has 0 saturated carbocycles. The molecule has 0 radical (unpaired) electrons. The number of benzene rings is 1. The number of imidazole rings is 1.